The van der Waals surface area contributed by atoms with E-state index in [1.165, 1.54) is 18.0 Å². The van der Waals surface area contributed by atoms with Gasteiger partial charge in [-0.25, -0.2) is 4.39 Å². The zero-order chi connectivity index (χ0) is 25.4. The highest BCUT2D eigenvalue weighted by Crippen LogP contribution is 2.29. The van der Waals surface area contributed by atoms with Crippen LogP contribution >= 0.6 is 15.9 Å². The monoisotopic (exact) mass is 540 g/mol. The van der Waals surface area contributed by atoms with Crippen LogP contribution in [0.3, 0.4) is 0 Å². The van der Waals surface area contributed by atoms with Gasteiger partial charge in [-0.3, -0.25) is 9.59 Å². The molecular weight excluding hydrogens is 511 g/mol. The van der Waals surface area contributed by atoms with Gasteiger partial charge in [0, 0.05) is 25.6 Å². The highest BCUT2D eigenvalue weighted by Gasteiger charge is 2.30. The summed E-state index contributed by atoms with van der Waals surface area (Å²) in [6, 6.07) is 20.6. The van der Waals surface area contributed by atoms with Gasteiger partial charge in [0.1, 0.15) is 17.6 Å². The summed E-state index contributed by atoms with van der Waals surface area (Å²) in [5.41, 5.74) is 2.35. The Hall–Kier alpha value is -3.19. The maximum Gasteiger partial charge on any atom is 0.261 e. The lowest BCUT2D eigenvalue weighted by Crippen LogP contribution is -2.51. The van der Waals surface area contributed by atoms with Gasteiger partial charge in [0.2, 0.25) is 5.91 Å². The Balaban J connectivity index is 1.88. The molecule has 0 radical (unpaired) electrons. The summed E-state index contributed by atoms with van der Waals surface area (Å²) in [4.78, 5) is 27.8. The van der Waals surface area contributed by atoms with E-state index in [4.69, 9.17) is 4.74 Å². The van der Waals surface area contributed by atoms with Crippen LogP contribution in [0.15, 0.2) is 77.3 Å². The van der Waals surface area contributed by atoms with Crippen molar-refractivity contribution in [2.24, 2.45) is 0 Å². The van der Waals surface area contributed by atoms with Crippen molar-refractivity contribution < 1.29 is 18.7 Å². The summed E-state index contributed by atoms with van der Waals surface area (Å²) >= 11 is 3.51. The molecule has 0 aliphatic heterocycles. The zero-order valence-electron chi connectivity index (χ0n) is 20.1. The van der Waals surface area contributed by atoms with E-state index in [1.807, 2.05) is 48.5 Å². The van der Waals surface area contributed by atoms with Gasteiger partial charge in [-0.15, -0.1) is 0 Å². The third-order valence-corrected chi connectivity index (χ3v) is 6.41. The molecule has 0 aliphatic carbocycles. The van der Waals surface area contributed by atoms with Crippen LogP contribution in [0, 0.1) is 5.82 Å². The Morgan fingerprint density at radius 2 is 1.71 bits per heavy atom. The molecule has 3 aromatic rings. The molecule has 0 fully saturated rings. The number of hydrogen-bond acceptors (Lipinski definition) is 3. The lowest BCUT2D eigenvalue weighted by atomic mass is 10.0. The first-order valence-electron chi connectivity index (χ1n) is 11.5. The van der Waals surface area contributed by atoms with Gasteiger partial charge in [0.05, 0.1) is 4.47 Å². The first-order chi connectivity index (χ1) is 16.8. The van der Waals surface area contributed by atoms with Gasteiger partial charge >= 0.3 is 0 Å². The van der Waals surface area contributed by atoms with Crippen molar-refractivity contribution >= 4 is 27.7 Å². The summed E-state index contributed by atoms with van der Waals surface area (Å²) in [5.74, 6) is -0.315. The molecule has 3 aromatic carbocycles. The molecule has 7 heteroatoms. The van der Waals surface area contributed by atoms with E-state index >= 15 is 0 Å². The van der Waals surface area contributed by atoms with Crippen molar-refractivity contribution in [2.45, 2.75) is 38.8 Å². The number of likely N-dealkylation sites (N-methyl/N-ethyl adjacent to an activating group) is 1. The number of carbonyl (C=O) groups is 2. The van der Waals surface area contributed by atoms with Crippen LogP contribution in [-0.4, -0.2) is 36.4 Å². The Bertz CT molecular complexity index is 1150. The largest absolute Gasteiger partial charge is 0.483 e. The van der Waals surface area contributed by atoms with Crippen LogP contribution in [0.1, 0.15) is 36.5 Å². The van der Waals surface area contributed by atoms with Crippen LogP contribution in [0.25, 0.3) is 0 Å². The molecule has 5 nitrogen and oxygen atoms in total. The Kier molecular flexibility index (Phi) is 9.43. The zero-order valence-corrected chi connectivity index (χ0v) is 21.7. The molecule has 2 amide bonds. The van der Waals surface area contributed by atoms with Gasteiger partial charge in [-0.05, 0) is 51.2 Å². The quantitative estimate of drug-likeness (QED) is 0.370. The predicted molar refractivity (Wildman–Crippen MR) is 139 cm³/mol. The SMILES string of the molecule is CNC(=O)[C@@H](Cc1ccccc1)N(Cc1ccccc1F)C(=O)COc1ccc(C(C)C)cc1Br. The summed E-state index contributed by atoms with van der Waals surface area (Å²) in [6.45, 7) is 3.83. The molecule has 0 unspecified atom stereocenters. The van der Waals surface area contributed by atoms with Crippen LogP contribution in [0.2, 0.25) is 0 Å². The van der Waals surface area contributed by atoms with Gasteiger partial charge in [-0.1, -0.05) is 68.4 Å². The van der Waals surface area contributed by atoms with Crippen LogP contribution < -0.4 is 10.1 Å². The Morgan fingerprint density at radius 3 is 2.34 bits per heavy atom. The number of amides is 2. The molecule has 184 valence electrons. The molecule has 3 rings (SSSR count). The lowest BCUT2D eigenvalue weighted by Gasteiger charge is -2.31. The number of benzene rings is 3. The predicted octanol–water partition coefficient (Wildman–Crippen LogP) is 5.48. The molecule has 0 aliphatic rings. The number of nitrogens with zero attached hydrogens (tertiary/aromatic N) is 1. The van der Waals surface area contributed by atoms with Crippen molar-refractivity contribution in [1.29, 1.82) is 0 Å². The van der Waals surface area contributed by atoms with Crippen molar-refractivity contribution in [3.8, 4) is 5.75 Å². The molecule has 0 heterocycles. The number of carbonyl (C=O) groups excluding carboxylic acids is 2. The minimum atomic E-state index is -0.843. The molecule has 0 saturated heterocycles. The number of rotatable bonds is 10. The minimum absolute atomic E-state index is 0.0623. The van der Waals surface area contributed by atoms with E-state index in [2.05, 4.69) is 35.1 Å². The average Bonchev–Trinajstić information content (AvgIpc) is 2.86. The lowest BCUT2D eigenvalue weighted by molar-refractivity contribution is -0.142. The van der Waals surface area contributed by atoms with E-state index in [1.54, 1.807) is 18.2 Å². The van der Waals surface area contributed by atoms with Gasteiger partial charge in [0.15, 0.2) is 6.61 Å². The van der Waals surface area contributed by atoms with Crippen molar-refractivity contribution in [2.75, 3.05) is 13.7 Å². The second-order valence-electron chi connectivity index (χ2n) is 8.57. The van der Waals surface area contributed by atoms with Crippen LogP contribution in [0.5, 0.6) is 5.75 Å². The van der Waals surface area contributed by atoms with Crippen LogP contribution in [0.4, 0.5) is 4.39 Å². The van der Waals surface area contributed by atoms with Gasteiger partial charge < -0.3 is 15.0 Å². The molecule has 1 N–H and O–H groups in total. The Labute approximate surface area is 214 Å². The van der Waals surface area contributed by atoms with Gasteiger partial charge in [-0.2, -0.15) is 0 Å². The topological polar surface area (TPSA) is 58.6 Å². The first kappa shape index (κ1) is 26.4. The summed E-state index contributed by atoms with van der Waals surface area (Å²) in [5, 5.41) is 2.65. The fourth-order valence-electron chi connectivity index (χ4n) is 3.75. The Morgan fingerprint density at radius 1 is 1.03 bits per heavy atom. The molecule has 1 atom stereocenters. The number of halogens is 2. The molecule has 0 bridgehead atoms. The van der Waals surface area contributed by atoms with E-state index in [-0.39, 0.29) is 25.5 Å². The third kappa shape index (κ3) is 7.15. The summed E-state index contributed by atoms with van der Waals surface area (Å²) < 4.78 is 21.1. The van der Waals surface area contributed by atoms with E-state index in [9.17, 15) is 14.0 Å². The normalized spacial score (nSPS) is 11.7. The molecule has 0 aromatic heterocycles. The maximum absolute atomic E-state index is 14.5. The standard InChI is InChI=1S/C28H30BrFN2O3/c1-19(2)21-13-14-26(23(29)16-21)35-18-27(33)32(17-22-11-7-8-12-24(22)30)25(28(34)31-3)15-20-9-5-4-6-10-20/h4-14,16,19,25H,15,17-18H2,1-3H3,(H,31,34)/t25-/m1/s1. The van der Waals surface area contributed by atoms with Crippen LogP contribution in [-0.2, 0) is 22.6 Å². The van der Waals surface area contributed by atoms with E-state index in [0.717, 1.165) is 15.6 Å². The van der Waals surface area contributed by atoms with Gasteiger partial charge in [0.25, 0.3) is 5.91 Å². The fourth-order valence-corrected chi connectivity index (χ4v) is 4.26. The smallest absolute Gasteiger partial charge is 0.261 e. The summed E-state index contributed by atoms with van der Waals surface area (Å²) in [7, 11) is 1.52. The summed E-state index contributed by atoms with van der Waals surface area (Å²) in [6.07, 6.45) is 0.285. The highest BCUT2D eigenvalue weighted by atomic mass is 79.9. The van der Waals surface area contributed by atoms with Crippen molar-refractivity contribution in [1.82, 2.24) is 10.2 Å². The minimum Gasteiger partial charge on any atom is -0.483 e. The number of ether oxygens (including phenoxy) is 1. The molecule has 0 spiro atoms. The average molecular weight is 541 g/mol. The number of hydrogen-bond donors (Lipinski definition) is 1. The number of nitrogens with one attached hydrogen (secondary N) is 1. The van der Waals surface area contributed by atoms with E-state index in [0.29, 0.717) is 17.2 Å². The third-order valence-electron chi connectivity index (χ3n) is 5.79. The van der Waals surface area contributed by atoms with E-state index < -0.39 is 17.8 Å². The molecule has 35 heavy (non-hydrogen) atoms. The highest BCUT2D eigenvalue weighted by molar-refractivity contribution is 9.10. The van der Waals surface area contributed by atoms with Crippen molar-refractivity contribution in [3.63, 3.8) is 0 Å². The maximum atomic E-state index is 14.5. The second-order valence-corrected chi connectivity index (χ2v) is 9.42. The van der Waals surface area contributed by atoms with Crippen molar-refractivity contribution in [3.05, 3.63) is 99.8 Å². The second kappa shape index (κ2) is 12.5. The fraction of sp³-hybridized carbons (Fsp3) is 0.286. The molecular formula is C28H30BrFN2O3. The molecule has 0 saturated carbocycles. The first-order valence-corrected chi connectivity index (χ1v) is 12.3.